The van der Waals surface area contributed by atoms with Crippen LogP contribution in [0.1, 0.15) is 213 Å². The SMILES string of the molecule is CCCCCCCC(=O)OCC1(OC(=O)CCCCCCC)CCCCCCCCCC(=O)OCC(C)OC(=O)CCCCCCCCC1. The number of unbranched alkanes of at least 4 members (excludes halogenated alkanes) is 8. The van der Waals surface area contributed by atoms with Crippen molar-refractivity contribution in [2.24, 2.45) is 0 Å². The highest BCUT2D eigenvalue weighted by Gasteiger charge is 2.35. The molecule has 0 aromatic carbocycles. The van der Waals surface area contributed by atoms with Gasteiger partial charge in [-0.15, -0.1) is 0 Å². The van der Waals surface area contributed by atoms with Gasteiger partial charge in [-0.25, -0.2) is 0 Å². The highest BCUT2D eigenvalue weighted by molar-refractivity contribution is 5.71. The maximum Gasteiger partial charge on any atom is 0.306 e. The molecule has 0 aliphatic carbocycles. The van der Waals surface area contributed by atoms with Gasteiger partial charge in [0, 0.05) is 25.7 Å². The molecule has 0 N–H and O–H groups in total. The van der Waals surface area contributed by atoms with Gasteiger partial charge in [-0.1, -0.05) is 129 Å². The first-order valence-corrected chi connectivity index (χ1v) is 20.5. The van der Waals surface area contributed by atoms with Gasteiger partial charge in [-0.05, 0) is 58.3 Å². The molecule has 8 nitrogen and oxygen atoms in total. The summed E-state index contributed by atoms with van der Waals surface area (Å²) in [5.41, 5.74) is -0.775. The molecule has 0 spiro atoms. The highest BCUT2D eigenvalue weighted by atomic mass is 16.6. The quantitative estimate of drug-likeness (QED) is 0.0947. The lowest BCUT2D eigenvalue weighted by molar-refractivity contribution is -0.175. The van der Waals surface area contributed by atoms with Crippen LogP contribution >= 0.6 is 0 Å². The van der Waals surface area contributed by atoms with Crippen molar-refractivity contribution in [3.63, 3.8) is 0 Å². The summed E-state index contributed by atoms with van der Waals surface area (Å²) < 4.78 is 23.0. The second-order valence-corrected chi connectivity index (χ2v) is 14.6. The van der Waals surface area contributed by atoms with Gasteiger partial charge in [-0.3, -0.25) is 19.2 Å². The predicted molar refractivity (Wildman–Crippen MR) is 196 cm³/mol. The number of rotatable bonds is 15. The van der Waals surface area contributed by atoms with E-state index in [4.69, 9.17) is 18.9 Å². The van der Waals surface area contributed by atoms with E-state index in [0.717, 1.165) is 128 Å². The van der Waals surface area contributed by atoms with Crippen LogP contribution < -0.4 is 0 Å². The standard InChI is InChI=1S/C41H74O8/c1-4-6-8-16-22-29-38(43)47-35-41(49-40(45)31-25-17-9-7-5-2)32-26-20-14-10-12-18-23-28-37(42)46-34-36(3)48-39(44)30-24-19-13-11-15-21-27-33-41/h36H,4-35H2,1-3H3. The number of hydrogen-bond donors (Lipinski definition) is 0. The molecule has 286 valence electrons. The summed E-state index contributed by atoms with van der Waals surface area (Å²) >= 11 is 0. The molecule has 0 aromatic heterocycles. The lowest BCUT2D eigenvalue weighted by Crippen LogP contribution is -2.41. The number of esters is 4. The van der Waals surface area contributed by atoms with Crippen LogP contribution in [0.3, 0.4) is 0 Å². The second kappa shape index (κ2) is 30.7. The van der Waals surface area contributed by atoms with E-state index in [-0.39, 0.29) is 37.1 Å². The van der Waals surface area contributed by atoms with E-state index in [2.05, 4.69) is 13.8 Å². The zero-order valence-corrected chi connectivity index (χ0v) is 32.0. The Morgan fingerprint density at radius 2 is 1.06 bits per heavy atom. The molecule has 0 amide bonds. The van der Waals surface area contributed by atoms with Crippen LogP contribution in [0, 0.1) is 0 Å². The molecule has 0 aromatic rings. The van der Waals surface area contributed by atoms with Crippen molar-refractivity contribution >= 4 is 23.9 Å². The van der Waals surface area contributed by atoms with E-state index in [9.17, 15) is 19.2 Å². The molecular formula is C41H74O8. The molecule has 1 fully saturated rings. The van der Waals surface area contributed by atoms with Gasteiger partial charge in [0.2, 0.25) is 0 Å². The third-order valence-corrected chi connectivity index (χ3v) is 9.63. The molecule has 0 radical (unpaired) electrons. The van der Waals surface area contributed by atoms with Gasteiger partial charge in [0.15, 0.2) is 0 Å². The Kier molecular flexibility index (Phi) is 28.1. The van der Waals surface area contributed by atoms with Crippen LogP contribution in [-0.2, 0) is 38.1 Å². The van der Waals surface area contributed by atoms with E-state index in [1.54, 1.807) is 6.92 Å². The summed E-state index contributed by atoms with van der Waals surface area (Å²) in [5, 5.41) is 0. The van der Waals surface area contributed by atoms with Crippen molar-refractivity contribution in [2.75, 3.05) is 13.2 Å². The molecule has 49 heavy (non-hydrogen) atoms. The number of cyclic esters (lactones) is 2. The Labute approximate surface area is 299 Å². The van der Waals surface area contributed by atoms with E-state index < -0.39 is 11.7 Å². The summed E-state index contributed by atoms with van der Waals surface area (Å²) in [7, 11) is 0. The van der Waals surface area contributed by atoms with Gasteiger partial charge in [0.05, 0.1) is 0 Å². The molecule has 8 heteroatoms. The van der Waals surface area contributed by atoms with Crippen molar-refractivity contribution in [3.05, 3.63) is 0 Å². The summed E-state index contributed by atoms with van der Waals surface area (Å²) in [6, 6.07) is 0. The topological polar surface area (TPSA) is 105 Å². The van der Waals surface area contributed by atoms with E-state index in [1.807, 2.05) is 0 Å². The van der Waals surface area contributed by atoms with Gasteiger partial charge in [-0.2, -0.15) is 0 Å². The molecule has 0 saturated carbocycles. The van der Waals surface area contributed by atoms with E-state index in [0.29, 0.717) is 38.5 Å². The van der Waals surface area contributed by atoms with Crippen LogP contribution in [0.25, 0.3) is 0 Å². The Bertz CT molecular complexity index is 858. The van der Waals surface area contributed by atoms with Crippen LogP contribution in [0.5, 0.6) is 0 Å². The Morgan fingerprint density at radius 1 is 0.612 bits per heavy atom. The average molecular weight is 695 g/mol. The highest BCUT2D eigenvalue weighted by Crippen LogP contribution is 2.30. The van der Waals surface area contributed by atoms with Crippen molar-refractivity contribution < 1.29 is 38.1 Å². The molecule has 2 unspecified atom stereocenters. The minimum atomic E-state index is -0.775. The van der Waals surface area contributed by atoms with E-state index >= 15 is 0 Å². The van der Waals surface area contributed by atoms with Crippen LogP contribution in [0.15, 0.2) is 0 Å². The smallest absolute Gasteiger partial charge is 0.306 e. The maximum absolute atomic E-state index is 13.2. The largest absolute Gasteiger partial charge is 0.462 e. The van der Waals surface area contributed by atoms with Crippen molar-refractivity contribution in [1.82, 2.24) is 0 Å². The van der Waals surface area contributed by atoms with Gasteiger partial charge in [0.25, 0.3) is 0 Å². The van der Waals surface area contributed by atoms with Gasteiger partial charge < -0.3 is 18.9 Å². The third-order valence-electron chi connectivity index (χ3n) is 9.63. The zero-order chi connectivity index (χ0) is 35.8. The lowest BCUT2D eigenvalue weighted by Gasteiger charge is -2.33. The average Bonchev–Trinajstić information content (AvgIpc) is 3.07. The first kappa shape index (κ1) is 44.9. The van der Waals surface area contributed by atoms with Crippen LogP contribution in [-0.4, -0.2) is 48.8 Å². The fourth-order valence-corrected chi connectivity index (χ4v) is 6.52. The van der Waals surface area contributed by atoms with Crippen molar-refractivity contribution in [2.45, 2.75) is 225 Å². The molecule has 2 atom stereocenters. The molecule has 1 aliphatic rings. The molecule has 0 bridgehead atoms. The molecular weight excluding hydrogens is 620 g/mol. The van der Waals surface area contributed by atoms with Crippen molar-refractivity contribution in [3.8, 4) is 0 Å². The molecule has 1 saturated heterocycles. The minimum absolute atomic E-state index is 0.110. The first-order valence-electron chi connectivity index (χ1n) is 20.5. The van der Waals surface area contributed by atoms with Gasteiger partial charge in [0.1, 0.15) is 24.9 Å². The second-order valence-electron chi connectivity index (χ2n) is 14.6. The van der Waals surface area contributed by atoms with Crippen molar-refractivity contribution in [1.29, 1.82) is 0 Å². The monoisotopic (exact) mass is 695 g/mol. The van der Waals surface area contributed by atoms with Crippen LogP contribution in [0.2, 0.25) is 0 Å². The summed E-state index contributed by atoms with van der Waals surface area (Å²) in [6.07, 6.45) is 27.1. The van der Waals surface area contributed by atoms with Gasteiger partial charge >= 0.3 is 23.9 Å². The number of hydrogen-bond acceptors (Lipinski definition) is 8. The maximum atomic E-state index is 13.2. The number of carbonyl (C=O) groups excluding carboxylic acids is 4. The Balaban J connectivity index is 2.86. The number of carbonyl (C=O) groups is 4. The molecule has 1 rings (SSSR count). The Morgan fingerprint density at radius 3 is 1.59 bits per heavy atom. The Hall–Kier alpha value is -2.12. The summed E-state index contributed by atoms with van der Waals surface area (Å²) in [5.74, 6) is -0.827. The third kappa shape index (κ3) is 26.4. The van der Waals surface area contributed by atoms with E-state index in [1.165, 1.54) is 25.7 Å². The predicted octanol–water partition coefficient (Wildman–Crippen LogP) is 11.0. The summed E-state index contributed by atoms with van der Waals surface area (Å²) in [4.78, 5) is 50.4. The lowest BCUT2D eigenvalue weighted by atomic mass is 9.89. The molecule has 1 aliphatic heterocycles. The fraction of sp³-hybridized carbons (Fsp3) is 0.902. The first-order chi connectivity index (χ1) is 23.8. The zero-order valence-electron chi connectivity index (χ0n) is 32.0. The molecule has 1 heterocycles. The normalized spacial score (nSPS) is 22.1. The van der Waals surface area contributed by atoms with Crippen LogP contribution in [0.4, 0.5) is 0 Å². The number of ether oxygens (including phenoxy) is 4. The fourth-order valence-electron chi connectivity index (χ4n) is 6.52. The summed E-state index contributed by atoms with van der Waals surface area (Å²) in [6.45, 7) is 6.39. The minimum Gasteiger partial charge on any atom is -0.462 e.